The third kappa shape index (κ3) is 2.81. The molecule has 0 aliphatic heterocycles. The first-order valence-corrected chi connectivity index (χ1v) is 5.98. The molecular weight excluding hydrogens is 300 g/mol. The van der Waals surface area contributed by atoms with E-state index in [1.165, 1.54) is 0 Å². The number of alkyl halides is 1. The number of rotatable bonds is 2. The Morgan fingerprint density at radius 1 is 1.46 bits per heavy atom. The molecule has 0 N–H and O–H groups in total. The molecule has 0 aromatic carbocycles. The van der Waals surface area contributed by atoms with Crippen LogP contribution in [0.2, 0.25) is 0 Å². The smallest absolute Gasteiger partial charge is 0.173 e. The lowest BCUT2D eigenvalue weighted by Gasteiger charge is -2.29. The van der Waals surface area contributed by atoms with Crippen molar-refractivity contribution in [2.75, 3.05) is 5.52 Å². The lowest BCUT2D eigenvalue weighted by atomic mass is 9.79. The van der Waals surface area contributed by atoms with Gasteiger partial charge in [0.25, 0.3) is 0 Å². The summed E-state index contributed by atoms with van der Waals surface area (Å²) in [6.45, 7) is 4.14. The van der Waals surface area contributed by atoms with Crippen LogP contribution in [0.1, 0.15) is 26.7 Å². The molecule has 0 heterocycles. The number of hydrogen-bond donors (Lipinski definition) is 0. The highest BCUT2D eigenvalue weighted by atomic mass is 79.9. The SMILES string of the molecule is CC1(C)CC(=O)C(Br)=C(OCBr)C1. The molecule has 0 saturated carbocycles. The van der Waals surface area contributed by atoms with Crippen LogP contribution in [0.5, 0.6) is 0 Å². The molecule has 13 heavy (non-hydrogen) atoms. The van der Waals surface area contributed by atoms with Gasteiger partial charge in [0.05, 0.1) is 4.48 Å². The Bertz CT molecular complexity index is 256. The van der Waals surface area contributed by atoms with Crippen LogP contribution in [-0.4, -0.2) is 11.3 Å². The number of carbonyl (C=O) groups is 1. The summed E-state index contributed by atoms with van der Waals surface area (Å²) in [6, 6.07) is 0. The number of Topliss-reactive ketones (excluding diaryl/α,β-unsaturated/α-hetero) is 1. The maximum atomic E-state index is 11.5. The predicted molar refractivity (Wildman–Crippen MR) is 58.9 cm³/mol. The maximum absolute atomic E-state index is 11.5. The van der Waals surface area contributed by atoms with E-state index in [1.54, 1.807) is 0 Å². The largest absolute Gasteiger partial charge is 0.485 e. The van der Waals surface area contributed by atoms with Crippen LogP contribution in [0, 0.1) is 5.41 Å². The zero-order valence-corrected chi connectivity index (χ0v) is 10.9. The molecule has 0 aromatic rings. The van der Waals surface area contributed by atoms with Gasteiger partial charge in [0.15, 0.2) is 5.78 Å². The van der Waals surface area contributed by atoms with Gasteiger partial charge in [-0.25, -0.2) is 0 Å². The number of allylic oxidation sites excluding steroid dienone is 2. The molecule has 0 saturated heterocycles. The number of halogens is 2. The first kappa shape index (κ1) is 11.2. The molecule has 2 nitrogen and oxygen atoms in total. The third-order valence-electron chi connectivity index (χ3n) is 2.00. The zero-order chi connectivity index (χ0) is 10.1. The fraction of sp³-hybridized carbons (Fsp3) is 0.667. The molecule has 0 amide bonds. The highest BCUT2D eigenvalue weighted by Gasteiger charge is 2.32. The summed E-state index contributed by atoms with van der Waals surface area (Å²) in [4.78, 5) is 11.5. The molecule has 0 spiro atoms. The lowest BCUT2D eigenvalue weighted by Crippen LogP contribution is -2.24. The van der Waals surface area contributed by atoms with Gasteiger partial charge in [0.2, 0.25) is 0 Å². The quantitative estimate of drug-likeness (QED) is 0.731. The van der Waals surface area contributed by atoms with Crippen molar-refractivity contribution in [1.82, 2.24) is 0 Å². The minimum Gasteiger partial charge on any atom is -0.485 e. The van der Waals surface area contributed by atoms with E-state index in [0.717, 1.165) is 12.2 Å². The zero-order valence-electron chi connectivity index (χ0n) is 7.69. The van der Waals surface area contributed by atoms with Gasteiger partial charge in [-0.2, -0.15) is 0 Å². The Kier molecular flexibility index (Phi) is 3.57. The number of carbonyl (C=O) groups excluding carboxylic acids is 1. The van der Waals surface area contributed by atoms with Gasteiger partial charge in [-0.1, -0.05) is 13.8 Å². The summed E-state index contributed by atoms with van der Waals surface area (Å²) in [6.07, 6.45) is 1.40. The fourth-order valence-corrected chi connectivity index (χ4v) is 2.09. The van der Waals surface area contributed by atoms with Gasteiger partial charge in [-0.3, -0.25) is 4.79 Å². The minimum absolute atomic E-state index is 0.0197. The molecule has 4 heteroatoms. The van der Waals surface area contributed by atoms with Crippen molar-refractivity contribution in [1.29, 1.82) is 0 Å². The Balaban J connectivity index is 2.89. The fourth-order valence-electron chi connectivity index (χ4n) is 1.42. The summed E-state index contributed by atoms with van der Waals surface area (Å²) in [5.74, 6) is 0.894. The summed E-state index contributed by atoms with van der Waals surface area (Å²) in [7, 11) is 0. The lowest BCUT2D eigenvalue weighted by molar-refractivity contribution is -0.117. The van der Waals surface area contributed by atoms with Crippen molar-refractivity contribution in [2.24, 2.45) is 5.41 Å². The van der Waals surface area contributed by atoms with Crippen LogP contribution < -0.4 is 0 Å². The third-order valence-corrected chi connectivity index (χ3v) is 3.11. The van der Waals surface area contributed by atoms with Gasteiger partial charge < -0.3 is 4.74 Å². The molecule has 1 aliphatic rings. The molecular formula is C9H12Br2O2. The Hall–Kier alpha value is 0.170. The van der Waals surface area contributed by atoms with Crippen LogP contribution in [-0.2, 0) is 9.53 Å². The topological polar surface area (TPSA) is 26.3 Å². The summed E-state index contributed by atoms with van der Waals surface area (Å²) in [5, 5.41) is 0. The average molecular weight is 312 g/mol. The molecule has 0 bridgehead atoms. The first-order valence-electron chi connectivity index (χ1n) is 4.07. The Labute approximate surface area is 95.0 Å². The van der Waals surface area contributed by atoms with E-state index in [4.69, 9.17) is 4.74 Å². The number of hydrogen-bond acceptors (Lipinski definition) is 2. The van der Waals surface area contributed by atoms with Crippen molar-refractivity contribution in [3.8, 4) is 0 Å². The number of ketones is 1. The van der Waals surface area contributed by atoms with Gasteiger partial charge in [-0.15, -0.1) is 0 Å². The minimum atomic E-state index is 0.0197. The molecule has 1 aliphatic carbocycles. The highest BCUT2D eigenvalue weighted by Crippen LogP contribution is 2.39. The summed E-state index contributed by atoms with van der Waals surface area (Å²) < 4.78 is 5.93. The second-order valence-corrected chi connectivity index (χ2v) is 5.18. The maximum Gasteiger partial charge on any atom is 0.173 e. The van der Waals surface area contributed by atoms with Crippen LogP contribution in [0.4, 0.5) is 0 Å². The van der Waals surface area contributed by atoms with Crippen LogP contribution in [0.15, 0.2) is 10.2 Å². The van der Waals surface area contributed by atoms with E-state index in [0.29, 0.717) is 16.4 Å². The summed E-state index contributed by atoms with van der Waals surface area (Å²) in [5.41, 5.74) is 0.451. The molecule has 0 fully saturated rings. The Morgan fingerprint density at radius 2 is 2.08 bits per heavy atom. The van der Waals surface area contributed by atoms with Gasteiger partial charge in [-0.05, 0) is 37.3 Å². The van der Waals surface area contributed by atoms with Crippen molar-refractivity contribution in [3.05, 3.63) is 10.2 Å². The normalized spacial score (nSPS) is 22.0. The van der Waals surface area contributed by atoms with Crippen LogP contribution >= 0.6 is 31.9 Å². The van der Waals surface area contributed by atoms with E-state index in [2.05, 4.69) is 45.7 Å². The van der Waals surface area contributed by atoms with E-state index in [9.17, 15) is 4.79 Å². The standard InChI is InChI=1S/C9H12Br2O2/c1-9(2)3-6(12)8(11)7(4-9)13-5-10/h3-5H2,1-2H3. The van der Waals surface area contributed by atoms with E-state index >= 15 is 0 Å². The summed E-state index contributed by atoms with van der Waals surface area (Å²) >= 11 is 6.44. The van der Waals surface area contributed by atoms with Crippen molar-refractivity contribution in [2.45, 2.75) is 26.7 Å². The van der Waals surface area contributed by atoms with Crippen molar-refractivity contribution >= 4 is 37.6 Å². The van der Waals surface area contributed by atoms with Crippen LogP contribution in [0.3, 0.4) is 0 Å². The molecule has 0 unspecified atom stereocenters. The second-order valence-electron chi connectivity index (χ2n) is 3.93. The van der Waals surface area contributed by atoms with E-state index in [1.807, 2.05) is 0 Å². The Morgan fingerprint density at radius 3 is 2.62 bits per heavy atom. The number of ether oxygens (including phenoxy) is 1. The molecule has 74 valence electrons. The monoisotopic (exact) mass is 310 g/mol. The molecule has 0 atom stereocenters. The van der Waals surface area contributed by atoms with E-state index in [-0.39, 0.29) is 11.2 Å². The van der Waals surface area contributed by atoms with E-state index < -0.39 is 0 Å². The van der Waals surface area contributed by atoms with Gasteiger partial charge >= 0.3 is 0 Å². The van der Waals surface area contributed by atoms with Crippen molar-refractivity contribution < 1.29 is 9.53 Å². The highest BCUT2D eigenvalue weighted by molar-refractivity contribution is 9.12. The van der Waals surface area contributed by atoms with Crippen molar-refractivity contribution in [3.63, 3.8) is 0 Å². The van der Waals surface area contributed by atoms with Crippen LogP contribution in [0.25, 0.3) is 0 Å². The molecule has 0 radical (unpaired) electrons. The molecule has 1 rings (SSSR count). The first-order chi connectivity index (χ1) is 5.96. The van der Waals surface area contributed by atoms with Gasteiger partial charge in [0, 0.05) is 12.8 Å². The average Bonchev–Trinajstić information content (AvgIpc) is 1.99. The predicted octanol–water partition coefficient (Wildman–Crippen LogP) is 3.35. The van der Waals surface area contributed by atoms with Gasteiger partial charge in [0.1, 0.15) is 11.3 Å². The second kappa shape index (κ2) is 4.13. The molecule has 0 aromatic heterocycles.